The number of carbonyl (C=O) groups excluding carboxylic acids is 1. The number of benzene rings is 2. The van der Waals surface area contributed by atoms with Gasteiger partial charge in [-0.15, -0.1) is 12.6 Å². The molecule has 0 saturated carbocycles. The van der Waals surface area contributed by atoms with Crippen molar-refractivity contribution in [1.82, 2.24) is 10.0 Å². The number of nitrogens with two attached hydrogens (primary N) is 1. The maximum absolute atomic E-state index is 12.7. The molecule has 3 aromatic rings. The number of hydroxylamine groups is 1. The van der Waals surface area contributed by atoms with Crippen LogP contribution in [0, 0.1) is 0 Å². The molecule has 4 N–H and O–H groups in total. The van der Waals surface area contributed by atoms with Crippen molar-refractivity contribution in [3.05, 3.63) is 81.6 Å². The van der Waals surface area contributed by atoms with Gasteiger partial charge in [-0.05, 0) is 58.8 Å². The second-order valence-corrected chi connectivity index (χ2v) is 6.27. The van der Waals surface area contributed by atoms with Crippen LogP contribution in [0.25, 0.3) is 16.5 Å². The zero-order chi connectivity index (χ0) is 20.1. The predicted molar refractivity (Wildman–Crippen MR) is 111 cm³/mol. The molecule has 0 spiro atoms. The molecule has 0 saturated heterocycles. The van der Waals surface area contributed by atoms with Gasteiger partial charge in [0.15, 0.2) is 0 Å². The van der Waals surface area contributed by atoms with E-state index in [1.807, 2.05) is 12.1 Å². The number of carbonyl (C=O) groups is 1. The highest BCUT2D eigenvalue weighted by Gasteiger charge is 2.09. The normalized spacial score (nSPS) is 11.4. The summed E-state index contributed by atoms with van der Waals surface area (Å²) in [6, 6.07) is 13.7. The van der Waals surface area contributed by atoms with Gasteiger partial charge in [0, 0.05) is 22.8 Å². The molecule has 0 aliphatic heterocycles. The van der Waals surface area contributed by atoms with Gasteiger partial charge in [0.1, 0.15) is 12.4 Å². The zero-order valence-electron chi connectivity index (χ0n) is 14.8. The van der Waals surface area contributed by atoms with Crippen molar-refractivity contribution < 1.29 is 14.7 Å². The van der Waals surface area contributed by atoms with Crippen LogP contribution in [0.1, 0.15) is 15.9 Å². The Kier molecular flexibility index (Phi) is 6.03. The molecule has 7 nitrogen and oxygen atoms in total. The number of thiol groups is 1. The van der Waals surface area contributed by atoms with Crippen LogP contribution in [0.3, 0.4) is 0 Å². The van der Waals surface area contributed by atoms with E-state index in [1.54, 1.807) is 42.0 Å². The van der Waals surface area contributed by atoms with Gasteiger partial charge in [0.05, 0.1) is 6.54 Å². The number of aromatic nitrogens is 1. The molecule has 2 aromatic carbocycles. The van der Waals surface area contributed by atoms with Crippen molar-refractivity contribution in [3.63, 3.8) is 0 Å². The largest absolute Gasteiger partial charge is 0.492 e. The average Bonchev–Trinajstić information content (AvgIpc) is 2.74. The van der Waals surface area contributed by atoms with E-state index in [4.69, 9.17) is 15.7 Å². The van der Waals surface area contributed by atoms with E-state index in [0.717, 1.165) is 5.56 Å². The lowest BCUT2D eigenvalue weighted by molar-refractivity contribution is 0.0706. The Bertz CT molecular complexity index is 1090. The molecule has 8 heteroatoms. The molecule has 1 amide bonds. The monoisotopic (exact) mass is 397 g/mol. The second kappa shape index (κ2) is 8.64. The molecule has 0 radical (unpaired) electrons. The lowest BCUT2D eigenvalue weighted by Gasteiger charge is -2.10. The molecule has 0 aliphatic carbocycles. The maximum Gasteiger partial charge on any atom is 0.274 e. The van der Waals surface area contributed by atoms with Crippen molar-refractivity contribution in [2.45, 2.75) is 6.54 Å². The highest BCUT2D eigenvalue weighted by Crippen LogP contribution is 2.16. The number of ether oxygens (including phenoxy) is 1. The van der Waals surface area contributed by atoms with Crippen LogP contribution in [-0.4, -0.2) is 22.3 Å². The van der Waals surface area contributed by atoms with Crippen LogP contribution in [0.2, 0.25) is 0 Å². The first-order chi connectivity index (χ1) is 13.5. The molecule has 0 aliphatic rings. The van der Waals surface area contributed by atoms with Crippen LogP contribution in [-0.2, 0) is 6.54 Å². The first-order valence-corrected chi connectivity index (χ1v) is 8.96. The Labute approximate surface area is 166 Å². The fraction of sp³-hybridized carbons (Fsp3) is 0.100. The van der Waals surface area contributed by atoms with Gasteiger partial charge in [0.25, 0.3) is 11.5 Å². The van der Waals surface area contributed by atoms with E-state index >= 15 is 0 Å². The minimum atomic E-state index is -0.670. The van der Waals surface area contributed by atoms with Crippen molar-refractivity contribution in [3.8, 4) is 5.75 Å². The van der Waals surface area contributed by atoms with Crippen molar-refractivity contribution in [2.24, 2.45) is 5.73 Å². The summed E-state index contributed by atoms with van der Waals surface area (Å²) >= 11 is 4.02. The third-order valence-electron chi connectivity index (χ3n) is 4.27. The Morgan fingerprint density at radius 3 is 2.57 bits per heavy atom. The highest BCUT2D eigenvalue weighted by atomic mass is 32.1. The molecule has 0 atom stereocenters. The average molecular weight is 397 g/mol. The standard InChI is InChI=1S/C20H19N3O4S/c21-18(12-28)14-3-5-16(6-4-14)27-10-9-23-8-7-13-1-2-15(19(24)22-26)11-17(13)20(23)25/h1-8,11-12,26,28H,9-10,21H2,(H,22,24)/b18-12-. The molecule has 0 unspecified atom stereocenters. The summed E-state index contributed by atoms with van der Waals surface area (Å²) in [5.74, 6) is -0.0108. The van der Waals surface area contributed by atoms with E-state index in [-0.39, 0.29) is 11.1 Å². The molecule has 0 bridgehead atoms. The first-order valence-electron chi connectivity index (χ1n) is 8.44. The summed E-state index contributed by atoms with van der Waals surface area (Å²) in [6.07, 6.45) is 1.68. The van der Waals surface area contributed by atoms with Crippen LogP contribution >= 0.6 is 12.6 Å². The molecule has 1 aromatic heterocycles. The third-order valence-corrected chi connectivity index (χ3v) is 4.55. The van der Waals surface area contributed by atoms with E-state index < -0.39 is 5.91 Å². The quantitative estimate of drug-likeness (QED) is 0.290. The number of hydrogen-bond donors (Lipinski definition) is 4. The van der Waals surface area contributed by atoms with Crippen molar-refractivity contribution in [2.75, 3.05) is 6.61 Å². The van der Waals surface area contributed by atoms with Gasteiger partial charge < -0.3 is 15.0 Å². The van der Waals surface area contributed by atoms with Crippen molar-refractivity contribution in [1.29, 1.82) is 0 Å². The van der Waals surface area contributed by atoms with Gasteiger partial charge in [-0.2, -0.15) is 0 Å². The Hall–Kier alpha value is -3.23. The lowest BCUT2D eigenvalue weighted by atomic mass is 10.1. The van der Waals surface area contributed by atoms with Crippen LogP contribution in [0.15, 0.2) is 64.9 Å². The van der Waals surface area contributed by atoms with Gasteiger partial charge >= 0.3 is 0 Å². The number of rotatable bonds is 6. The topological polar surface area (TPSA) is 107 Å². The molecule has 3 rings (SSSR count). The summed E-state index contributed by atoms with van der Waals surface area (Å²) < 4.78 is 7.20. The van der Waals surface area contributed by atoms with E-state index in [9.17, 15) is 9.59 Å². The van der Waals surface area contributed by atoms with E-state index in [2.05, 4.69) is 12.6 Å². The Balaban J connectivity index is 1.73. The lowest BCUT2D eigenvalue weighted by Crippen LogP contribution is -2.23. The first kappa shape index (κ1) is 19.5. The number of pyridine rings is 1. The summed E-state index contributed by atoms with van der Waals surface area (Å²) in [5, 5.41) is 11.4. The predicted octanol–water partition coefficient (Wildman–Crippen LogP) is 2.39. The van der Waals surface area contributed by atoms with Gasteiger partial charge in [0.2, 0.25) is 0 Å². The molecule has 28 heavy (non-hydrogen) atoms. The molecule has 0 fully saturated rings. The minimum absolute atomic E-state index is 0.204. The Morgan fingerprint density at radius 1 is 1.18 bits per heavy atom. The summed E-state index contributed by atoms with van der Waals surface area (Å²) in [6.45, 7) is 0.630. The molecular formula is C20H19N3O4S. The van der Waals surface area contributed by atoms with Gasteiger partial charge in [-0.1, -0.05) is 6.07 Å². The SMILES string of the molecule is N/C(=C\S)c1ccc(OCCn2ccc3ccc(C(=O)NO)cc3c2=O)cc1. The second-order valence-electron chi connectivity index (χ2n) is 6.01. The maximum atomic E-state index is 12.7. The van der Waals surface area contributed by atoms with Gasteiger partial charge in [-0.3, -0.25) is 14.8 Å². The molecular weight excluding hydrogens is 378 g/mol. The zero-order valence-corrected chi connectivity index (χ0v) is 15.7. The van der Waals surface area contributed by atoms with E-state index in [0.29, 0.717) is 35.4 Å². The van der Waals surface area contributed by atoms with Crippen LogP contribution < -0.4 is 21.5 Å². The highest BCUT2D eigenvalue weighted by molar-refractivity contribution is 7.83. The fourth-order valence-corrected chi connectivity index (χ4v) is 2.89. The smallest absolute Gasteiger partial charge is 0.274 e. The molecule has 1 heterocycles. The Morgan fingerprint density at radius 2 is 1.89 bits per heavy atom. The third kappa shape index (κ3) is 4.19. The van der Waals surface area contributed by atoms with Crippen LogP contribution in [0.5, 0.6) is 5.75 Å². The summed E-state index contributed by atoms with van der Waals surface area (Å²) in [4.78, 5) is 24.2. The summed E-state index contributed by atoms with van der Waals surface area (Å²) in [7, 11) is 0. The molecule has 144 valence electrons. The van der Waals surface area contributed by atoms with Gasteiger partial charge in [-0.25, -0.2) is 5.48 Å². The number of fused-ring (bicyclic) bond motifs is 1. The van der Waals surface area contributed by atoms with E-state index in [1.165, 1.54) is 16.0 Å². The number of nitrogens with one attached hydrogen (secondary N) is 1. The fourth-order valence-electron chi connectivity index (χ4n) is 2.74. The summed E-state index contributed by atoms with van der Waals surface area (Å²) in [5.41, 5.74) is 8.72. The number of amides is 1. The number of hydrogen-bond acceptors (Lipinski definition) is 6. The number of nitrogens with zero attached hydrogens (tertiary/aromatic N) is 1. The van der Waals surface area contributed by atoms with Crippen molar-refractivity contribution >= 4 is 35.0 Å². The van der Waals surface area contributed by atoms with Crippen LogP contribution in [0.4, 0.5) is 0 Å². The minimum Gasteiger partial charge on any atom is -0.492 e.